The maximum absolute atomic E-state index is 13.3. The highest BCUT2D eigenvalue weighted by Crippen LogP contribution is 2.40. The van der Waals surface area contributed by atoms with Gasteiger partial charge in [-0.05, 0) is 26.2 Å². The molecule has 1 unspecified atom stereocenters. The zero-order valence-corrected chi connectivity index (χ0v) is 14.7. The smallest absolute Gasteiger partial charge is 0.410 e. The van der Waals surface area contributed by atoms with Crippen molar-refractivity contribution in [2.24, 2.45) is 0 Å². The molecule has 0 bridgehead atoms. The van der Waals surface area contributed by atoms with Gasteiger partial charge in [-0.25, -0.2) is 9.67 Å². The van der Waals surface area contributed by atoms with Gasteiger partial charge in [0.15, 0.2) is 17.6 Å². The topological polar surface area (TPSA) is 73.4 Å². The number of carbonyl (C=O) groups excluding carboxylic acids is 1. The molecule has 2 aromatic heterocycles. The molecule has 2 aliphatic rings. The number of nitrogens with zero attached hydrogens (tertiary/aromatic N) is 4. The van der Waals surface area contributed by atoms with Gasteiger partial charge in [-0.3, -0.25) is 9.69 Å². The number of aryl methyl sites for hydroxylation is 1. The third-order valence-corrected chi connectivity index (χ3v) is 4.97. The summed E-state index contributed by atoms with van der Waals surface area (Å²) < 4.78 is 51.5. The number of amides is 1. The van der Waals surface area contributed by atoms with Crippen molar-refractivity contribution in [3.63, 3.8) is 0 Å². The quantitative estimate of drug-likeness (QED) is 0.795. The van der Waals surface area contributed by atoms with Crippen LogP contribution < -0.4 is 4.90 Å². The summed E-state index contributed by atoms with van der Waals surface area (Å²) in [5.74, 6) is 0.195. The molecule has 1 atom stereocenters. The van der Waals surface area contributed by atoms with E-state index < -0.39 is 18.1 Å². The summed E-state index contributed by atoms with van der Waals surface area (Å²) in [6, 6.07) is -0.254. The van der Waals surface area contributed by atoms with Gasteiger partial charge in [0.05, 0.1) is 5.69 Å². The van der Waals surface area contributed by atoms with E-state index in [0.29, 0.717) is 24.8 Å². The third-order valence-electron chi connectivity index (χ3n) is 4.97. The Bertz CT molecular complexity index is 839. The van der Waals surface area contributed by atoms with E-state index in [2.05, 4.69) is 10.1 Å². The number of hydrogen-bond acceptors (Lipinski definition) is 5. The molecule has 4 rings (SSSR count). The van der Waals surface area contributed by atoms with Crippen molar-refractivity contribution >= 4 is 11.7 Å². The van der Waals surface area contributed by atoms with E-state index in [-0.39, 0.29) is 30.4 Å². The number of carbonyl (C=O) groups is 1. The highest BCUT2D eigenvalue weighted by atomic mass is 19.4. The van der Waals surface area contributed by atoms with E-state index >= 15 is 0 Å². The molecule has 2 aliphatic heterocycles. The third kappa shape index (κ3) is 3.33. The largest absolute Gasteiger partial charge is 0.448 e. The maximum atomic E-state index is 13.3. The van der Waals surface area contributed by atoms with Crippen LogP contribution in [0.4, 0.5) is 19.0 Å². The second-order valence-corrected chi connectivity index (χ2v) is 6.85. The van der Waals surface area contributed by atoms with Crippen LogP contribution in [0.3, 0.4) is 0 Å². The van der Waals surface area contributed by atoms with E-state index in [9.17, 15) is 18.0 Å². The number of ether oxygens (including phenoxy) is 1. The molecular weight excluding hydrogens is 365 g/mol. The SMILES string of the molecule is Cc1cc2n(n1)C(C(F)(F)F)CCN2C(=O)c1coc(C2CCOCC2)n1. The molecule has 146 valence electrons. The summed E-state index contributed by atoms with van der Waals surface area (Å²) in [7, 11) is 0. The molecule has 2 aromatic rings. The summed E-state index contributed by atoms with van der Waals surface area (Å²) in [6.07, 6.45) is -1.88. The maximum Gasteiger partial charge on any atom is 0.410 e. The monoisotopic (exact) mass is 384 g/mol. The Hall–Kier alpha value is -2.36. The molecule has 1 fully saturated rings. The molecule has 0 aliphatic carbocycles. The molecule has 0 aromatic carbocycles. The number of oxazole rings is 1. The van der Waals surface area contributed by atoms with Gasteiger partial charge in [-0.15, -0.1) is 0 Å². The zero-order chi connectivity index (χ0) is 19.2. The first-order valence-electron chi connectivity index (χ1n) is 8.82. The lowest BCUT2D eigenvalue weighted by atomic mass is 10.0. The van der Waals surface area contributed by atoms with Gasteiger partial charge in [-0.2, -0.15) is 18.3 Å². The fourth-order valence-electron chi connectivity index (χ4n) is 3.59. The van der Waals surface area contributed by atoms with Crippen LogP contribution in [0.1, 0.15) is 53.3 Å². The average molecular weight is 384 g/mol. The number of alkyl halides is 3. The summed E-state index contributed by atoms with van der Waals surface area (Å²) >= 11 is 0. The lowest BCUT2D eigenvalue weighted by Gasteiger charge is -2.33. The number of hydrogen-bond donors (Lipinski definition) is 0. The van der Waals surface area contributed by atoms with Gasteiger partial charge in [0.25, 0.3) is 5.91 Å². The molecule has 7 nitrogen and oxygen atoms in total. The Morgan fingerprint density at radius 2 is 2.00 bits per heavy atom. The van der Waals surface area contributed by atoms with Crippen molar-refractivity contribution in [2.45, 2.75) is 44.3 Å². The van der Waals surface area contributed by atoms with Crippen LogP contribution in [0.15, 0.2) is 16.7 Å². The van der Waals surface area contributed by atoms with Crippen LogP contribution in [-0.4, -0.2) is 46.6 Å². The van der Waals surface area contributed by atoms with Crippen molar-refractivity contribution in [3.8, 4) is 0 Å². The van der Waals surface area contributed by atoms with Gasteiger partial charge < -0.3 is 9.15 Å². The first kappa shape index (κ1) is 18.0. The Balaban J connectivity index is 1.60. The van der Waals surface area contributed by atoms with Crippen LogP contribution in [0.2, 0.25) is 0 Å². The second-order valence-electron chi connectivity index (χ2n) is 6.85. The molecule has 0 spiro atoms. The highest BCUT2D eigenvalue weighted by Gasteiger charge is 2.46. The first-order valence-corrected chi connectivity index (χ1v) is 8.82. The van der Waals surface area contributed by atoms with Crippen molar-refractivity contribution in [1.29, 1.82) is 0 Å². The van der Waals surface area contributed by atoms with Crippen molar-refractivity contribution in [3.05, 3.63) is 29.6 Å². The first-order chi connectivity index (χ1) is 12.8. The molecule has 0 saturated carbocycles. The molecule has 1 amide bonds. The minimum absolute atomic E-state index is 0.0619. The summed E-state index contributed by atoms with van der Waals surface area (Å²) in [5, 5.41) is 3.95. The molecule has 0 N–H and O–H groups in total. The van der Waals surface area contributed by atoms with E-state index in [4.69, 9.17) is 9.15 Å². The molecule has 1 saturated heterocycles. The number of aromatic nitrogens is 3. The molecule has 0 radical (unpaired) electrons. The fraction of sp³-hybridized carbons (Fsp3) is 0.588. The van der Waals surface area contributed by atoms with Gasteiger partial charge in [0.1, 0.15) is 12.1 Å². The minimum atomic E-state index is -4.42. The van der Waals surface area contributed by atoms with Crippen LogP contribution in [0.5, 0.6) is 0 Å². The predicted octanol–water partition coefficient (Wildman–Crippen LogP) is 3.23. The van der Waals surface area contributed by atoms with E-state index in [1.54, 1.807) is 6.92 Å². The lowest BCUT2D eigenvalue weighted by Crippen LogP contribution is -2.43. The van der Waals surface area contributed by atoms with Crippen LogP contribution in [-0.2, 0) is 4.74 Å². The predicted molar refractivity (Wildman–Crippen MR) is 87.6 cm³/mol. The summed E-state index contributed by atoms with van der Waals surface area (Å²) in [5.41, 5.74) is 0.509. The number of anilines is 1. The van der Waals surface area contributed by atoms with Crippen molar-refractivity contribution in [1.82, 2.24) is 14.8 Å². The van der Waals surface area contributed by atoms with E-state index in [1.807, 2.05) is 0 Å². The van der Waals surface area contributed by atoms with Gasteiger partial charge in [0, 0.05) is 31.7 Å². The molecule has 27 heavy (non-hydrogen) atoms. The van der Waals surface area contributed by atoms with Gasteiger partial charge in [-0.1, -0.05) is 0 Å². The van der Waals surface area contributed by atoms with Crippen LogP contribution in [0, 0.1) is 6.92 Å². The van der Waals surface area contributed by atoms with Crippen LogP contribution in [0.25, 0.3) is 0 Å². The standard InChI is InChI=1S/C17H19F3N4O3/c1-10-8-14-23(5-2-13(17(18,19)20)24(14)22-10)16(25)12-9-27-15(21-12)11-3-6-26-7-4-11/h8-9,11,13H,2-7H2,1H3. The summed E-state index contributed by atoms with van der Waals surface area (Å²) in [6.45, 7) is 2.76. The van der Waals surface area contributed by atoms with Crippen molar-refractivity contribution in [2.75, 3.05) is 24.7 Å². The fourth-order valence-corrected chi connectivity index (χ4v) is 3.59. The number of rotatable bonds is 2. The van der Waals surface area contributed by atoms with Gasteiger partial charge >= 0.3 is 6.18 Å². The van der Waals surface area contributed by atoms with Crippen molar-refractivity contribution < 1.29 is 27.1 Å². The Morgan fingerprint density at radius 3 is 2.70 bits per heavy atom. The average Bonchev–Trinajstić information content (AvgIpc) is 3.26. The number of fused-ring (bicyclic) bond motifs is 1. The van der Waals surface area contributed by atoms with Gasteiger partial charge in [0.2, 0.25) is 0 Å². The Kier molecular flexibility index (Phi) is 4.45. The lowest BCUT2D eigenvalue weighted by molar-refractivity contribution is -0.172. The Labute approximate surface area is 153 Å². The minimum Gasteiger partial charge on any atom is -0.448 e. The van der Waals surface area contributed by atoms with E-state index in [1.165, 1.54) is 17.2 Å². The molecule has 10 heteroatoms. The van der Waals surface area contributed by atoms with E-state index in [0.717, 1.165) is 17.5 Å². The molecule has 4 heterocycles. The normalized spacial score (nSPS) is 21.3. The van der Waals surface area contributed by atoms with Crippen LogP contribution >= 0.6 is 0 Å². The number of halogens is 3. The Morgan fingerprint density at radius 1 is 1.26 bits per heavy atom. The zero-order valence-electron chi connectivity index (χ0n) is 14.7. The summed E-state index contributed by atoms with van der Waals surface area (Å²) in [4.78, 5) is 18.5. The molecular formula is C17H19F3N4O3. The highest BCUT2D eigenvalue weighted by molar-refractivity contribution is 6.04. The second kappa shape index (κ2) is 6.66.